The van der Waals surface area contributed by atoms with Crippen LogP contribution >= 0.6 is 0 Å². The molecule has 0 amide bonds. The minimum absolute atomic E-state index is 0.263. The van der Waals surface area contributed by atoms with Crippen molar-refractivity contribution in [3.05, 3.63) is 35.4 Å². The number of hydrogen-bond donors (Lipinski definition) is 1. The summed E-state index contributed by atoms with van der Waals surface area (Å²) in [5.41, 5.74) is 6.04. The van der Waals surface area contributed by atoms with Gasteiger partial charge in [0.1, 0.15) is 0 Å². The molecule has 108 valence electrons. The van der Waals surface area contributed by atoms with Crippen LogP contribution in [0.3, 0.4) is 0 Å². The Morgan fingerprint density at radius 3 is 2.42 bits per heavy atom. The molecule has 0 heterocycles. The fraction of sp³-hybridized carbons (Fsp3) is 0.571. The Balaban J connectivity index is 2.73. The lowest BCUT2D eigenvalue weighted by Crippen LogP contribution is -2.33. The second kappa shape index (κ2) is 7.53. The van der Waals surface area contributed by atoms with E-state index >= 15 is 0 Å². The molecule has 0 fully saturated rings. The predicted octanol–water partition coefficient (Wildman–Crippen LogP) is 1.85. The Morgan fingerprint density at radius 1 is 1.16 bits per heavy atom. The van der Waals surface area contributed by atoms with Gasteiger partial charge in [0.05, 0.1) is 0 Å². The van der Waals surface area contributed by atoms with Gasteiger partial charge in [0.15, 0.2) is 11.6 Å². The van der Waals surface area contributed by atoms with Crippen molar-refractivity contribution in [1.82, 2.24) is 9.80 Å². The zero-order valence-electron chi connectivity index (χ0n) is 11.9. The van der Waals surface area contributed by atoms with Crippen molar-refractivity contribution in [3.8, 4) is 0 Å². The van der Waals surface area contributed by atoms with Gasteiger partial charge < -0.3 is 10.6 Å². The normalized spacial score (nSPS) is 13.3. The summed E-state index contributed by atoms with van der Waals surface area (Å²) >= 11 is 0. The van der Waals surface area contributed by atoms with Crippen LogP contribution in [0.4, 0.5) is 8.78 Å². The quantitative estimate of drug-likeness (QED) is 0.821. The standard InChI is InChI=1S/C14H23F2N3/c1-18(2)8-5-9-19(3)13(10-17)11-6-4-7-12(15)14(11)16/h4,6-7,13H,5,8-10,17H2,1-3H3. The predicted molar refractivity (Wildman–Crippen MR) is 74.0 cm³/mol. The minimum atomic E-state index is -0.822. The fourth-order valence-corrected chi connectivity index (χ4v) is 2.11. The molecule has 0 saturated heterocycles. The zero-order valence-corrected chi connectivity index (χ0v) is 11.9. The van der Waals surface area contributed by atoms with Gasteiger partial charge in [-0.2, -0.15) is 0 Å². The van der Waals surface area contributed by atoms with Crippen molar-refractivity contribution in [2.24, 2.45) is 5.73 Å². The Labute approximate surface area is 114 Å². The lowest BCUT2D eigenvalue weighted by molar-refractivity contribution is 0.229. The van der Waals surface area contributed by atoms with Crippen molar-refractivity contribution in [2.75, 3.05) is 40.8 Å². The molecule has 1 unspecified atom stereocenters. The highest BCUT2D eigenvalue weighted by atomic mass is 19.2. The molecule has 3 nitrogen and oxygen atoms in total. The molecule has 0 spiro atoms. The molecule has 19 heavy (non-hydrogen) atoms. The summed E-state index contributed by atoms with van der Waals surface area (Å²) < 4.78 is 27.0. The van der Waals surface area contributed by atoms with Crippen LogP contribution in [0.1, 0.15) is 18.0 Å². The average molecular weight is 271 g/mol. The van der Waals surface area contributed by atoms with Gasteiger partial charge in [-0.25, -0.2) is 8.78 Å². The van der Waals surface area contributed by atoms with Crippen LogP contribution in [0, 0.1) is 11.6 Å². The van der Waals surface area contributed by atoms with Crippen LogP contribution in [0.5, 0.6) is 0 Å². The zero-order chi connectivity index (χ0) is 14.4. The SMILES string of the molecule is CN(C)CCCN(C)C(CN)c1cccc(F)c1F. The van der Waals surface area contributed by atoms with Gasteiger partial charge in [0.25, 0.3) is 0 Å². The van der Waals surface area contributed by atoms with Gasteiger partial charge in [-0.05, 0) is 46.7 Å². The van der Waals surface area contributed by atoms with Crippen LogP contribution in [-0.2, 0) is 0 Å². The minimum Gasteiger partial charge on any atom is -0.329 e. The summed E-state index contributed by atoms with van der Waals surface area (Å²) in [7, 11) is 5.90. The smallest absolute Gasteiger partial charge is 0.163 e. The molecule has 5 heteroatoms. The topological polar surface area (TPSA) is 32.5 Å². The molecule has 0 radical (unpaired) electrons. The first-order valence-corrected chi connectivity index (χ1v) is 6.46. The van der Waals surface area contributed by atoms with Crippen molar-refractivity contribution >= 4 is 0 Å². The third-order valence-electron chi connectivity index (χ3n) is 3.21. The van der Waals surface area contributed by atoms with Gasteiger partial charge in [0.2, 0.25) is 0 Å². The Hall–Kier alpha value is -1.04. The van der Waals surface area contributed by atoms with Crippen LogP contribution < -0.4 is 5.73 Å². The maximum absolute atomic E-state index is 13.8. The highest BCUT2D eigenvalue weighted by molar-refractivity contribution is 5.23. The first-order chi connectivity index (χ1) is 8.97. The van der Waals surface area contributed by atoms with Crippen LogP contribution in [-0.4, -0.2) is 50.6 Å². The number of nitrogens with zero attached hydrogens (tertiary/aromatic N) is 2. The number of likely N-dealkylation sites (N-methyl/N-ethyl adjacent to an activating group) is 1. The van der Waals surface area contributed by atoms with E-state index < -0.39 is 11.6 Å². The molecule has 0 aliphatic heterocycles. The van der Waals surface area contributed by atoms with Crippen LogP contribution in [0.25, 0.3) is 0 Å². The maximum atomic E-state index is 13.8. The van der Waals surface area contributed by atoms with Gasteiger partial charge in [-0.1, -0.05) is 12.1 Å². The number of hydrogen-bond acceptors (Lipinski definition) is 3. The van der Waals surface area contributed by atoms with Crippen molar-refractivity contribution in [2.45, 2.75) is 12.5 Å². The summed E-state index contributed by atoms with van der Waals surface area (Å²) in [5, 5.41) is 0. The van der Waals surface area contributed by atoms with Gasteiger partial charge >= 0.3 is 0 Å². The molecule has 0 bridgehead atoms. The van der Waals surface area contributed by atoms with Crippen LogP contribution in [0.15, 0.2) is 18.2 Å². The number of benzene rings is 1. The molecule has 1 aromatic rings. The summed E-state index contributed by atoms with van der Waals surface area (Å²) in [6, 6.07) is 3.94. The van der Waals surface area contributed by atoms with E-state index in [0.29, 0.717) is 5.56 Å². The van der Waals surface area contributed by atoms with E-state index in [1.165, 1.54) is 6.07 Å². The molecule has 0 saturated carbocycles. The van der Waals surface area contributed by atoms with E-state index in [2.05, 4.69) is 4.90 Å². The van der Waals surface area contributed by atoms with E-state index in [-0.39, 0.29) is 12.6 Å². The Bertz CT molecular complexity index is 396. The third-order valence-corrected chi connectivity index (χ3v) is 3.21. The summed E-state index contributed by atoms with van der Waals surface area (Å²) in [6.45, 7) is 2.00. The molecule has 0 aliphatic carbocycles. The fourth-order valence-electron chi connectivity index (χ4n) is 2.11. The van der Waals surface area contributed by atoms with E-state index in [0.717, 1.165) is 25.6 Å². The van der Waals surface area contributed by atoms with Crippen LogP contribution in [0.2, 0.25) is 0 Å². The first kappa shape index (κ1) is 16.0. The Morgan fingerprint density at radius 2 is 1.84 bits per heavy atom. The second-order valence-electron chi connectivity index (χ2n) is 5.03. The van der Waals surface area contributed by atoms with Crippen molar-refractivity contribution in [1.29, 1.82) is 0 Å². The summed E-state index contributed by atoms with van der Waals surface area (Å²) in [6.07, 6.45) is 0.955. The van der Waals surface area contributed by atoms with E-state index in [4.69, 9.17) is 5.73 Å². The lowest BCUT2D eigenvalue weighted by Gasteiger charge is -2.28. The molecule has 1 rings (SSSR count). The highest BCUT2D eigenvalue weighted by Crippen LogP contribution is 2.23. The second-order valence-corrected chi connectivity index (χ2v) is 5.03. The third kappa shape index (κ3) is 4.53. The highest BCUT2D eigenvalue weighted by Gasteiger charge is 2.20. The van der Waals surface area contributed by atoms with Gasteiger partial charge in [0, 0.05) is 18.2 Å². The van der Waals surface area contributed by atoms with E-state index in [1.54, 1.807) is 6.07 Å². The van der Waals surface area contributed by atoms with Crippen molar-refractivity contribution < 1.29 is 8.78 Å². The van der Waals surface area contributed by atoms with Gasteiger partial charge in [-0.3, -0.25) is 4.90 Å². The summed E-state index contributed by atoms with van der Waals surface area (Å²) in [4.78, 5) is 4.06. The number of rotatable bonds is 7. The molecule has 1 aromatic carbocycles. The first-order valence-electron chi connectivity index (χ1n) is 6.46. The van der Waals surface area contributed by atoms with E-state index in [9.17, 15) is 8.78 Å². The van der Waals surface area contributed by atoms with Gasteiger partial charge in [-0.15, -0.1) is 0 Å². The lowest BCUT2D eigenvalue weighted by atomic mass is 10.0. The molecule has 2 N–H and O–H groups in total. The molecular formula is C14H23F2N3. The average Bonchev–Trinajstić information content (AvgIpc) is 2.35. The largest absolute Gasteiger partial charge is 0.329 e. The monoisotopic (exact) mass is 271 g/mol. The number of halogens is 2. The molecule has 0 aliphatic rings. The molecule has 1 atom stereocenters. The maximum Gasteiger partial charge on any atom is 0.163 e. The summed E-state index contributed by atoms with van der Waals surface area (Å²) in [5.74, 6) is -1.62. The molecular weight excluding hydrogens is 248 g/mol. The molecule has 0 aromatic heterocycles. The van der Waals surface area contributed by atoms with E-state index in [1.807, 2.05) is 26.0 Å². The Kier molecular flexibility index (Phi) is 6.34. The van der Waals surface area contributed by atoms with Crippen molar-refractivity contribution in [3.63, 3.8) is 0 Å². The number of nitrogens with two attached hydrogens (primary N) is 1.